The van der Waals surface area contributed by atoms with Gasteiger partial charge in [0.25, 0.3) is 0 Å². The van der Waals surface area contributed by atoms with Crippen molar-refractivity contribution in [2.45, 2.75) is 18.2 Å². The van der Waals surface area contributed by atoms with Crippen LogP contribution < -0.4 is 10.1 Å². The minimum atomic E-state index is -3.77. The summed E-state index contributed by atoms with van der Waals surface area (Å²) in [5.74, 6) is 0.000829. The molecule has 0 radical (unpaired) electrons. The van der Waals surface area contributed by atoms with Gasteiger partial charge in [0.05, 0.1) is 26.2 Å². The lowest BCUT2D eigenvalue weighted by Crippen LogP contribution is -2.40. The maximum atomic E-state index is 13.1. The third-order valence-corrected chi connectivity index (χ3v) is 6.56. The Morgan fingerprint density at radius 3 is 2.52 bits per heavy atom. The molecule has 1 amide bonds. The number of carbonyl (C=O) groups excluding carboxylic acids is 1. The Morgan fingerprint density at radius 1 is 1.17 bits per heavy atom. The first-order valence-electron chi connectivity index (χ1n) is 9.29. The Kier molecular flexibility index (Phi) is 7.13. The van der Waals surface area contributed by atoms with Crippen molar-refractivity contribution in [3.63, 3.8) is 0 Å². The number of morpholine rings is 1. The van der Waals surface area contributed by atoms with Gasteiger partial charge in [0.1, 0.15) is 10.6 Å². The lowest BCUT2D eigenvalue weighted by molar-refractivity contribution is -0.115. The van der Waals surface area contributed by atoms with Crippen molar-refractivity contribution >= 4 is 33.2 Å². The molecular formula is C20H23ClN2O5S. The molecule has 0 spiro atoms. The highest BCUT2D eigenvalue weighted by molar-refractivity contribution is 7.89. The fraction of sp³-hybridized carbons (Fsp3) is 0.350. The van der Waals surface area contributed by atoms with Gasteiger partial charge >= 0.3 is 0 Å². The smallest absolute Gasteiger partial charge is 0.246 e. The second-order valence-electron chi connectivity index (χ2n) is 6.46. The van der Waals surface area contributed by atoms with Crippen molar-refractivity contribution in [1.82, 2.24) is 4.31 Å². The van der Waals surface area contributed by atoms with E-state index in [0.29, 0.717) is 30.5 Å². The number of nitrogens with zero attached hydrogens (tertiary/aromatic N) is 1. The molecule has 0 aromatic heterocycles. The van der Waals surface area contributed by atoms with E-state index in [9.17, 15) is 13.2 Å². The lowest BCUT2D eigenvalue weighted by atomic mass is 10.1. The molecule has 2 aromatic rings. The molecule has 1 saturated heterocycles. The molecule has 1 fully saturated rings. The Hall–Kier alpha value is -2.13. The van der Waals surface area contributed by atoms with Gasteiger partial charge in [-0.1, -0.05) is 23.7 Å². The molecule has 2 aromatic carbocycles. The fourth-order valence-corrected chi connectivity index (χ4v) is 4.67. The van der Waals surface area contributed by atoms with Crippen LogP contribution in [-0.4, -0.2) is 51.5 Å². The van der Waals surface area contributed by atoms with Crippen molar-refractivity contribution in [2.24, 2.45) is 0 Å². The van der Waals surface area contributed by atoms with Gasteiger partial charge in [-0.05, 0) is 42.8 Å². The molecule has 1 aliphatic rings. The highest BCUT2D eigenvalue weighted by Gasteiger charge is 2.29. The van der Waals surface area contributed by atoms with Gasteiger partial charge in [-0.25, -0.2) is 8.42 Å². The third-order valence-electron chi connectivity index (χ3n) is 4.39. The highest BCUT2D eigenvalue weighted by Crippen LogP contribution is 2.30. The minimum absolute atomic E-state index is 0.0329. The summed E-state index contributed by atoms with van der Waals surface area (Å²) in [6.45, 7) is 3.37. The van der Waals surface area contributed by atoms with Crippen molar-refractivity contribution in [2.75, 3.05) is 38.2 Å². The zero-order chi connectivity index (χ0) is 20.9. The van der Waals surface area contributed by atoms with Crippen LogP contribution in [0.1, 0.15) is 12.5 Å². The van der Waals surface area contributed by atoms with Crippen molar-refractivity contribution < 1.29 is 22.7 Å². The second kappa shape index (κ2) is 9.58. The van der Waals surface area contributed by atoms with E-state index in [1.807, 2.05) is 0 Å². The van der Waals surface area contributed by atoms with Gasteiger partial charge in [0.2, 0.25) is 15.9 Å². The summed E-state index contributed by atoms with van der Waals surface area (Å²) in [5.41, 5.74) is 1.19. The summed E-state index contributed by atoms with van der Waals surface area (Å²) < 4.78 is 38.4. The Morgan fingerprint density at radius 2 is 1.86 bits per heavy atom. The maximum Gasteiger partial charge on any atom is 0.246 e. The van der Waals surface area contributed by atoms with Crippen LogP contribution in [0.15, 0.2) is 47.4 Å². The molecule has 0 unspecified atom stereocenters. The molecule has 0 atom stereocenters. The van der Waals surface area contributed by atoms with Gasteiger partial charge in [-0.2, -0.15) is 4.31 Å². The van der Waals surface area contributed by atoms with Gasteiger partial charge in [0.15, 0.2) is 0 Å². The second-order valence-corrected chi connectivity index (χ2v) is 8.81. The van der Waals surface area contributed by atoms with Crippen LogP contribution in [0.2, 0.25) is 5.02 Å². The summed E-state index contributed by atoms with van der Waals surface area (Å²) in [6, 6.07) is 11.6. The van der Waals surface area contributed by atoms with Crippen molar-refractivity contribution in [3.8, 4) is 5.75 Å². The predicted molar refractivity (Wildman–Crippen MR) is 111 cm³/mol. The molecule has 0 bridgehead atoms. The average molecular weight is 439 g/mol. The van der Waals surface area contributed by atoms with E-state index in [1.54, 1.807) is 43.3 Å². The van der Waals surface area contributed by atoms with Crippen LogP contribution in [0.25, 0.3) is 0 Å². The van der Waals surface area contributed by atoms with E-state index in [-0.39, 0.29) is 36.1 Å². The Labute approximate surface area is 175 Å². The quantitative estimate of drug-likeness (QED) is 0.718. The van der Waals surface area contributed by atoms with Crippen LogP contribution in [-0.2, 0) is 26.0 Å². The van der Waals surface area contributed by atoms with Crippen LogP contribution in [0.4, 0.5) is 5.69 Å². The van der Waals surface area contributed by atoms with E-state index < -0.39 is 10.0 Å². The van der Waals surface area contributed by atoms with Crippen LogP contribution >= 0.6 is 11.6 Å². The fourth-order valence-electron chi connectivity index (χ4n) is 2.98. The van der Waals surface area contributed by atoms with Crippen molar-refractivity contribution in [3.05, 3.63) is 53.1 Å². The molecule has 0 saturated carbocycles. The SMILES string of the molecule is CCOc1ccc(NC(=O)Cc2ccc(Cl)cc2)cc1S(=O)(=O)N1CCOCC1. The number of halogens is 1. The minimum Gasteiger partial charge on any atom is -0.492 e. The first kappa shape index (κ1) is 21.6. The van der Waals surface area contributed by atoms with E-state index in [0.717, 1.165) is 5.56 Å². The molecule has 156 valence electrons. The van der Waals surface area contributed by atoms with Gasteiger partial charge in [-0.3, -0.25) is 4.79 Å². The third kappa shape index (κ3) is 5.48. The summed E-state index contributed by atoms with van der Waals surface area (Å²) in [7, 11) is -3.77. The lowest BCUT2D eigenvalue weighted by Gasteiger charge is -2.27. The Balaban J connectivity index is 1.82. The number of ether oxygens (including phenoxy) is 2. The average Bonchev–Trinajstić information content (AvgIpc) is 2.71. The normalized spacial score (nSPS) is 15.1. The monoisotopic (exact) mass is 438 g/mol. The van der Waals surface area contributed by atoms with Crippen molar-refractivity contribution in [1.29, 1.82) is 0 Å². The number of hydrogen-bond acceptors (Lipinski definition) is 5. The number of amides is 1. The molecule has 1 aliphatic heterocycles. The number of benzene rings is 2. The van der Waals surface area contributed by atoms with E-state index in [4.69, 9.17) is 21.1 Å². The standard InChI is InChI=1S/C20H23ClN2O5S/c1-2-28-18-8-7-17(22-20(24)13-15-3-5-16(21)6-4-15)14-19(18)29(25,26)23-9-11-27-12-10-23/h3-8,14H,2,9-13H2,1H3,(H,22,24). The zero-order valence-corrected chi connectivity index (χ0v) is 17.6. The van der Waals surface area contributed by atoms with Crippen LogP contribution in [0.5, 0.6) is 5.75 Å². The van der Waals surface area contributed by atoms with Crippen LogP contribution in [0, 0.1) is 0 Å². The number of anilines is 1. The molecule has 0 aliphatic carbocycles. The molecule has 3 rings (SSSR count). The summed E-state index contributed by atoms with van der Waals surface area (Å²) in [6.07, 6.45) is 0.149. The van der Waals surface area contributed by atoms with E-state index in [1.165, 1.54) is 10.4 Å². The number of carbonyl (C=O) groups is 1. The molecular weight excluding hydrogens is 416 g/mol. The summed E-state index contributed by atoms with van der Waals surface area (Å²) in [5, 5.41) is 3.35. The largest absolute Gasteiger partial charge is 0.492 e. The molecule has 7 nitrogen and oxygen atoms in total. The first-order valence-corrected chi connectivity index (χ1v) is 11.1. The molecule has 1 heterocycles. The molecule has 29 heavy (non-hydrogen) atoms. The number of hydrogen-bond donors (Lipinski definition) is 1. The maximum absolute atomic E-state index is 13.1. The number of sulfonamides is 1. The molecule has 9 heteroatoms. The van der Waals surface area contributed by atoms with E-state index in [2.05, 4.69) is 5.32 Å². The summed E-state index contributed by atoms with van der Waals surface area (Å²) in [4.78, 5) is 12.4. The first-order chi connectivity index (χ1) is 13.9. The highest BCUT2D eigenvalue weighted by atomic mass is 35.5. The van der Waals surface area contributed by atoms with Gasteiger partial charge in [-0.15, -0.1) is 0 Å². The summed E-state index contributed by atoms with van der Waals surface area (Å²) >= 11 is 5.86. The topological polar surface area (TPSA) is 84.9 Å². The molecule has 1 N–H and O–H groups in total. The van der Waals surface area contributed by atoms with Gasteiger partial charge in [0, 0.05) is 23.8 Å². The zero-order valence-electron chi connectivity index (χ0n) is 16.1. The number of nitrogens with one attached hydrogen (secondary N) is 1. The Bertz CT molecular complexity index is 957. The number of rotatable bonds is 7. The van der Waals surface area contributed by atoms with Gasteiger partial charge < -0.3 is 14.8 Å². The van der Waals surface area contributed by atoms with E-state index >= 15 is 0 Å². The predicted octanol–water partition coefficient (Wildman–Crippen LogP) is 2.94. The van der Waals surface area contributed by atoms with Crippen LogP contribution in [0.3, 0.4) is 0 Å².